The number of carbonyl (C=O) groups is 5. The van der Waals surface area contributed by atoms with Crippen molar-refractivity contribution in [2.24, 2.45) is 23.7 Å². The molecule has 6 unspecified atom stereocenters. The quantitative estimate of drug-likeness (QED) is 0.0205. The monoisotopic (exact) mass is 796 g/mol. The first-order valence-electron chi connectivity index (χ1n) is 21.5. The fourth-order valence-electron chi connectivity index (χ4n) is 6.97. The van der Waals surface area contributed by atoms with Gasteiger partial charge in [-0.2, -0.15) is 0 Å². The Morgan fingerprint density at radius 3 is 1.77 bits per heavy atom. The van der Waals surface area contributed by atoms with Gasteiger partial charge in [0, 0.05) is 13.0 Å². The smallest absolute Gasteiger partial charge is 0.320 e. The van der Waals surface area contributed by atoms with Crippen LogP contribution in [0.3, 0.4) is 0 Å². The zero-order valence-corrected chi connectivity index (χ0v) is 34.8. The van der Waals surface area contributed by atoms with E-state index in [2.05, 4.69) is 19.1 Å². The highest BCUT2D eigenvalue weighted by Crippen LogP contribution is 2.38. The van der Waals surface area contributed by atoms with E-state index in [1.165, 1.54) is 44.9 Å². The van der Waals surface area contributed by atoms with Gasteiger partial charge in [-0.15, -0.1) is 0 Å². The summed E-state index contributed by atoms with van der Waals surface area (Å²) in [5.74, 6) is -6.70. The number of carbonyl (C=O) groups excluding carboxylic acids is 5. The maximum absolute atomic E-state index is 13.1. The molecule has 0 bridgehead atoms. The summed E-state index contributed by atoms with van der Waals surface area (Å²) in [6, 6.07) is 0. The minimum absolute atomic E-state index is 0.0454. The van der Waals surface area contributed by atoms with Gasteiger partial charge < -0.3 is 37.9 Å². The van der Waals surface area contributed by atoms with Crippen LogP contribution in [0.2, 0.25) is 0 Å². The molecule has 13 nitrogen and oxygen atoms in total. The topological polar surface area (TPSA) is 159 Å². The Bertz CT molecular complexity index is 1140. The van der Waals surface area contributed by atoms with Crippen LogP contribution in [0.15, 0.2) is 12.2 Å². The highest BCUT2D eigenvalue weighted by molar-refractivity contribution is 5.98. The Kier molecular flexibility index (Phi) is 27.6. The maximum Gasteiger partial charge on any atom is 0.320 e. The van der Waals surface area contributed by atoms with Gasteiger partial charge in [0.1, 0.15) is 6.61 Å². The van der Waals surface area contributed by atoms with E-state index in [9.17, 15) is 24.0 Å². The second kappa shape index (κ2) is 31.3. The summed E-state index contributed by atoms with van der Waals surface area (Å²) in [6.45, 7) is 10.6. The van der Waals surface area contributed by atoms with Gasteiger partial charge >= 0.3 is 29.8 Å². The molecule has 2 aliphatic rings. The van der Waals surface area contributed by atoms with E-state index in [0.717, 1.165) is 38.5 Å². The largest absolute Gasteiger partial charge is 0.463 e. The molecule has 0 amide bonds. The van der Waals surface area contributed by atoms with Gasteiger partial charge in [0.25, 0.3) is 0 Å². The van der Waals surface area contributed by atoms with Crippen LogP contribution in [0.25, 0.3) is 0 Å². The predicted molar refractivity (Wildman–Crippen MR) is 209 cm³/mol. The molecule has 2 heterocycles. The second-order valence-electron chi connectivity index (χ2n) is 14.8. The molecule has 2 rings (SSSR count). The highest BCUT2D eigenvalue weighted by atomic mass is 16.6. The molecule has 322 valence electrons. The van der Waals surface area contributed by atoms with Crippen molar-refractivity contribution in [3.8, 4) is 0 Å². The highest BCUT2D eigenvalue weighted by Gasteiger charge is 2.52. The summed E-state index contributed by atoms with van der Waals surface area (Å²) >= 11 is 0. The van der Waals surface area contributed by atoms with Gasteiger partial charge in [-0.05, 0) is 58.3 Å². The number of unbranched alkanes of at least 4 members (excludes halogenated alkanes) is 11. The molecule has 56 heavy (non-hydrogen) atoms. The molecular weight excluding hydrogens is 724 g/mol. The molecule has 0 aromatic heterocycles. The minimum atomic E-state index is -1.05. The zero-order chi connectivity index (χ0) is 40.8. The Balaban J connectivity index is 1.78. The summed E-state index contributed by atoms with van der Waals surface area (Å²) in [4.78, 5) is 63.3. The molecule has 2 fully saturated rings. The van der Waals surface area contributed by atoms with E-state index in [1.807, 2.05) is 13.8 Å². The normalized spacial score (nSPS) is 20.9. The van der Waals surface area contributed by atoms with Gasteiger partial charge in [0.05, 0.1) is 82.1 Å². The number of cyclic esters (lactones) is 4. The second-order valence-corrected chi connectivity index (χ2v) is 14.8. The average molecular weight is 797 g/mol. The molecule has 0 spiro atoms. The van der Waals surface area contributed by atoms with Crippen molar-refractivity contribution in [1.82, 2.24) is 0 Å². The van der Waals surface area contributed by atoms with Crippen LogP contribution in [-0.2, 0) is 61.9 Å². The summed E-state index contributed by atoms with van der Waals surface area (Å²) in [5.41, 5.74) is 0. The van der Waals surface area contributed by atoms with Gasteiger partial charge in [-0.1, -0.05) is 84.3 Å². The molecule has 0 aromatic rings. The van der Waals surface area contributed by atoms with Crippen LogP contribution in [0.4, 0.5) is 0 Å². The Labute approximate surface area is 335 Å². The number of hydrogen-bond donors (Lipinski definition) is 0. The average Bonchev–Trinajstić information content (AvgIpc) is 3.60. The number of ether oxygens (including phenoxy) is 8. The first-order chi connectivity index (χ1) is 27.2. The fraction of sp³-hybridized carbons (Fsp3) is 0.837. The van der Waals surface area contributed by atoms with Gasteiger partial charge in [0.2, 0.25) is 0 Å². The number of rotatable bonds is 36. The number of esters is 5. The number of hydrogen-bond acceptors (Lipinski definition) is 13. The van der Waals surface area contributed by atoms with Gasteiger partial charge in [-0.25, -0.2) is 0 Å². The van der Waals surface area contributed by atoms with Crippen molar-refractivity contribution in [2.75, 3.05) is 59.5 Å². The lowest BCUT2D eigenvalue weighted by Crippen LogP contribution is -2.38. The van der Waals surface area contributed by atoms with Crippen LogP contribution < -0.4 is 0 Å². The van der Waals surface area contributed by atoms with Crippen molar-refractivity contribution >= 4 is 29.8 Å². The molecular formula is C43H72O13. The molecule has 13 heteroatoms. The van der Waals surface area contributed by atoms with Gasteiger partial charge in [0.15, 0.2) is 0 Å². The maximum atomic E-state index is 13.1. The zero-order valence-electron chi connectivity index (χ0n) is 34.8. The van der Waals surface area contributed by atoms with E-state index in [-0.39, 0.29) is 44.7 Å². The lowest BCUT2D eigenvalue weighted by molar-refractivity contribution is -0.158. The molecule has 2 aliphatic heterocycles. The van der Waals surface area contributed by atoms with Crippen molar-refractivity contribution in [3.05, 3.63) is 12.2 Å². The van der Waals surface area contributed by atoms with E-state index in [0.29, 0.717) is 52.5 Å². The first-order valence-corrected chi connectivity index (χ1v) is 21.5. The Morgan fingerprint density at radius 1 is 0.607 bits per heavy atom. The van der Waals surface area contributed by atoms with Crippen molar-refractivity contribution in [2.45, 2.75) is 149 Å². The molecule has 0 aromatic carbocycles. The molecule has 0 saturated carbocycles. The standard InChI is InChI=1S/C43H72O13/c1-5-8-9-10-11-12-13-14-15-16-17-18-19-20-21-22-38(44)54-30-29-53-37(32-35-33(4)40(45)55-41(35)46)39-36(42(47)56-43(39)48)31-34(6-2)52-28-27-51-26-25-50-24-23-49-7-3/h14-15,33-37,39H,5-13,16-32H2,1-4H3/b15-14-. The fourth-order valence-corrected chi connectivity index (χ4v) is 6.97. The van der Waals surface area contributed by atoms with E-state index in [4.69, 9.17) is 37.9 Å². The van der Waals surface area contributed by atoms with E-state index in [1.54, 1.807) is 6.92 Å². The van der Waals surface area contributed by atoms with Gasteiger partial charge in [-0.3, -0.25) is 24.0 Å². The lowest BCUT2D eigenvalue weighted by atomic mass is 9.80. The van der Waals surface area contributed by atoms with Crippen LogP contribution in [-0.4, -0.2) is 102 Å². The van der Waals surface area contributed by atoms with E-state index < -0.39 is 53.7 Å². The SMILES string of the molecule is CCCCCCCC/C=C\CCCCCCCC(=O)OCCOC(CC1C(=O)OC(=O)C1C)C1C(=O)OC(=O)C1CC(CC)OCCOCCOCCOCC. The van der Waals surface area contributed by atoms with Crippen LogP contribution in [0.1, 0.15) is 137 Å². The third kappa shape index (κ3) is 20.6. The van der Waals surface area contributed by atoms with Crippen molar-refractivity contribution in [1.29, 1.82) is 0 Å². The number of allylic oxidation sites excluding steroid dienone is 2. The van der Waals surface area contributed by atoms with Crippen molar-refractivity contribution in [3.63, 3.8) is 0 Å². The Morgan fingerprint density at radius 2 is 1.16 bits per heavy atom. The molecule has 0 N–H and O–H groups in total. The molecule has 2 saturated heterocycles. The summed E-state index contributed by atoms with van der Waals surface area (Å²) in [7, 11) is 0. The minimum Gasteiger partial charge on any atom is -0.463 e. The summed E-state index contributed by atoms with van der Waals surface area (Å²) in [5, 5.41) is 0. The molecule has 0 radical (unpaired) electrons. The first kappa shape index (κ1) is 49.4. The molecule has 0 aliphatic carbocycles. The van der Waals surface area contributed by atoms with Crippen LogP contribution >= 0.6 is 0 Å². The molecule has 6 atom stereocenters. The third-order valence-electron chi connectivity index (χ3n) is 10.4. The van der Waals surface area contributed by atoms with E-state index >= 15 is 0 Å². The van der Waals surface area contributed by atoms with Crippen LogP contribution in [0.5, 0.6) is 0 Å². The Hall–Kier alpha value is -2.71. The predicted octanol–water partition coefficient (Wildman–Crippen LogP) is 7.25. The lowest BCUT2D eigenvalue weighted by Gasteiger charge is -2.28. The van der Waals surface area contributed by atoms with Crippen LogP contribution in [0, 0.1) is 23.7 Å². The third-order valence-corrected chi connectivity index (χ3v) is 10.4. The van der Waals surface area contributed by atoms with Crippen molar-refractivity contribution < 1.29 is 61.9 Å². The summed E-state index contributed by atoms with van der Waals surface area (Å²) < 4.78 is 43.7. The summed E-state index contributed by atoms with van der Waals surface area (Å²) in [6.07, 6.45) is 19.4.